The maximum Gasteiger partial charge on any atom is 0.256 e. The maximum absolute atomic E-state index is 13.1. The summed E-state index contributed by atoms with van der Waals surface area (Å²) in [5.74, 6) is 0.428. The molecule has 2 amide bonds. The SMILES string of the molecule is CC1CCc2c(sc(NC(=O)c3cccc(C(=O)Nc4sc5c(c4C#N)CCC(C)C5)c3)c2C#N)C1. The number of nitriles is 2. The highest BCUT2D eigenvalue weighted by Crippen LogP contribution is 2.40. The number of nitrogens with one attached hydrogen (secondary N) is 2. The minimum Gasteiger partial charge on any atom is -0.312 e. The number of anilines is 2. The first-order chi connectivity index (χ1) is 17.4. The van der Waals surface area contributed by atoms with Crippen LogP contribution in [0.3, 0.4) is 0 Å². The van der Waals surface area contributed by atoms with E-state index in [4.69, 9.17) is 0 Å². The van der Waals surface area contributed by atoms with Gasteiger partial charge in [0.25, 0.3) is 11.8 Å². The van der Waals surface area contributed by atoms with E-state index in [-0.39, 0.29) is 11.8 Å². The molecule has 3 aromatic rings. The molecule has 6 nitrogen and oxygen atoms in total. The van der Waals surface area contributed by atoms with Gasteiger partial charge in [-0.2, -0.15) is 10.5 Å². The zero-order valence-corrected chi connectivity index (χ0v) is 21.9. The number of carbonyl (C=O) groups excluding carboxylic acids is 2. The summed E-state index contributed by atoms with van der Waals surface area (Å²) in [5, 5.41) is 26.4. The number of rotatable bonds is 4. The minimum atomic E-state index is -0.355. The normalized spacial score (nSPS) is 18.3. The van der Waals surface area contributed by atoms with Crippen molar-refractivity contribution in [3.8, 4) is 12.1 Å². The van der Waals surface area contributed by atoms with E-state index in [0.29, 0.717) is 44.1 Å². The maximum atomic E-state index is 13.1. The molecule has 0 saturated heterocycles. The Morgan fingerprint density at radius 1 is 0.833 bits per heavy atom. The van der Waals surface area contributed by atoms with Crippen LogP contribution in [0, 0.1) is 34.5 Å². The van der Waals surface area contributed by atoms with Crippen LogP contribution >= 0.6 is 22.7 Å². The Bertz CT molecular complexity index is 1350. The number of hydrogen-bond donors (Lipinski definition) is 2. The molecule has 0 spiro atoms. The Hall–Kier alpha value is -3.46. The Balaban J connectivity index is 1.35. The lowest BCUT2D eigenvalue weighted by Gasteiger charge is -2.17. The van der Waals surface area contributed by atoms with E-state index >= 15 is 0 Å². The highest BCUT2D eigenvalue weighted by molar-refractivity contribution is 7.17. The summed E-state index contributed by atoms with van der Waals surface area (Å²) in [6.45, 7) is 4.41. The summed E-state index contributed by atoms with van der Waals surface area (Å²) < 4.78 is 0. The van der Waals surface area contributed by atoms with Crippen molar-refractivity contribution in [2.24, 2.45) is 11.8 Å². The smallest absolute Gasteiger partial charge is 0.256 e. The third kappa shape index (κ3) is 4.55. The lowest BCUT2D eigenvalue weighted by Crippen LogP contribution is -2.15. The molecule has 0 bridgehead atoms. The van der Waals surface area contributed by atoms with E-state index in [9.17, 15) is 20.1 Å². The van der Waals surface area contributed by atoms with Gasteiger partial charge >= 0.3 is 0 Å². The molecule has 2 N–H and O–H groups in total. The van der Waals surface area contributed by atoms with Crippen LogP contribution in [0.25, 0.3) is 0 Å². The summed E-state index contributed by atoms with van der Waals surface area (Å²) in [6.07, 6.45) is 5.66. The number of carbonyl (C=O) groups is 2. The fraction of sp³-hybridized carbons (Fsp3) is 0.357. The van der Waals surface area contributed by atoms with Gasteiger partial charge in [0, 0.05) is 20.9 Å². The van der Waals surface area contributed by atoms with Crippen molar-refractivity contribution in [3.05, 3.63) is 67.4 Å². The topological polar surface area (TPSA) is 106 Å². The minimum absolute atomic E-state index is 0.339. The van der Waals surface area contributed by atoms with Crippen LogP contribution in [0.5, 0.6) is 0 Å². The van der Waals surface area contributed by atoms with Crippen LogP contribution in [0.2, 0.25) is 0 Å². The molecule has 2 heterocycles. The van der Waals surface area contributed by atoms with Crippen LogP contribution in [-0.2, 0) is 25.7 Å². The summed E-state index contributed by atoms with van der Waals surface area (Å²) >= 11 is 2.96. The van der Waals surface area contributed by atoms with Gasteiger partial charge in [0.2, 0.25) is 0 Å². The second-order valence-corrected chi connectivity index (χ2v) is 12.0. The van der Waals surface area contributed by atoms with E-state index in [1.807, 2.05) is 0 Å². The molecule has 36 heavy (non-hydrogen) atoms. The van der Waals surface area contributed by atoms with Gasteiger partial charge in [0.15, 0.2) is 0 Å². The van der Waals surface area contributed by atoms with Crippen LogP contribution in [0.4, 0.5) is 10.0 Å². The molecule has 2 aromatic heterocycles. The number of thiophene rings is 2. The van der Waals surface area contributed by atoms with Gasteiger partial charge in [-0.1, -0.05) is 19.9 Å². The van der Waals surface area contributed by atoms with E-state index in [2.05, 4.69) is 36.6 Å². The highest BCUT2D eigenvalue weighted by atomic mass is 32.1. The number of amides is 2. The van der Waals surface area contributed by atoms with Crippen molar-refractivity contribution in [3.63, 3.8) is 0 Å². The largest absolute Gasteiger partial charge is 0.312 e. The number of nitrogens with zero attached hydrogens (tertiary/aromatic N) is 2. The molecular formula is C28H26N4O2S2. The van der Waals surface area contributed by atoms with Crippen molar-refractivity contribution in [1.82, 2.24) is 0 Å². The van der Waals surface area contributed by atoms with E-state index in [1.54, 1.807) is 24.3 Å². The first-order valence-electron chi connectivity index (χ1n) is 12.2. The van der Waals surface area contributed by atoms with Crippen LogP contribution in [0.15, 0.2) is 24.3 Å². The lowest BCUT2D eigenvalue weighted by atomic mass is 9.88. The molecule has 5 rings (SSSR count). The van der Waals surface area contributed by atoms with E-state index < -0.39 is 0 Å². The number of fused-ring (bicyclic) bond motifs is 2. The number of benzene rings is 1. The first kappa shape index (κ1) is 24.2. The molecule has 8 heteroatoms. The van der Waals surface area contributed by atoms with E-state index in [0.717, 1.165) is 49.7 Å². The van der Waals surface area contributed by atoms with Crippen molar-refractivity contribution in [2.75, 3.05) is 10.6 Å². The highest BCUT2D eigenvalue weighted by Gasteiger charge is 2.26. The average molecular weight is 515 g/mol. The molecule has 2 aliphatic rings. The molecule has 0 radical (unpaired) electrons. The third-order valence-electron chi connectivity index (χ3n) is 7.09. The third-order valence-corrected chi connectivity index (χ3v) is 9.43. The Labute approximate surface area is 218 Å². The summed E-state index contributed by atoms with van der Waals surface area (Å²) in [7, 11) is 0. The van der Waals surface area contributed by atoms with E-state index in [1.165, 1.54) is 32.4 Å². The quantitative estimate of drug-likeness (QED) is 0.426. The van der Waals surface area contributed by atoms with Crippen LogP contribution in [0.1, 0.15) is 79.4 Å². The molecule has 182 valence electrons. The van der Waals surface area contributed by atoms with Gasteiger partial charge < -0.3 is 10.6 Å². The van der Waals surface area contributed by atoms with Crippen molar-refractivity contribution in [2.45, 2.75) is 52.4 Å². The average Bonchev–Trinajstić information content (AvgIpc) is 3.39. The Kier molecular flexibility index (Phi) is 6.66. The zero-order chi connectivity index (χ0) is 25.4. The predicted molar refractivity (Wildman–Crippen MR) is 143 cm³/mol. The summed E-state index contributed by atoms with van der Waals surface area (Å²) in [6, 6.07) is 11.1. The van der Waals surface area contributed by atoms with Gasteiger partial charge in [0.05, 0.1) is 11.1 Å². The molecule has 1 aromatic carbocycles. The zero-order valence-electron chi connectivity index (χ0n) is 20.2. The second-order valence-electron chi connectivity index (χ2n) is 9.82. The predicted octanol–water partition coefficient (Wildman–Crippen LogP) is 6.31. The second kappa shape index (κ2) is 9.89. The van der Waals surface area contributed by atoms with Crippen molar-refractivity contribution in [1.29, 1.82) is 10.5 Å². The summed E-state index contributed by atoms with van der Waals surface area (Å²) in [5.41, 5.74) is 3.92. The van der Waals surface area contributed by atoms with Gasteiger partial charge in [-0.25, -0.2) is 0 Å². The van der Waals surface area contributed by atoms with Gasteiger partial charge in [-0.3, -0.25) is 9.59 Å². The molecule has 2 atom stereocenters. The summed E-state index contributed by atoms with van der Waals surface area (Å²) in [4.78, 5) is 28.5. The van der Waals surface area contributed by atoms with Crippen molar-refractivity contribution < 1.29 is 9.59 Å². The number of hydrogen-bond acceptors (Lipinski definition) is 6. The fourth-order valence-electron chi connectivity index (χ4n) is 5.07. The van der Waals surface area contributed by atoms with Crippen LogP contribution in [-0.4, -0.2) is 11.8 Å². The standard InChI is InChI=1S/C28H26N4O2S2/c1-15-6-8-19-21(13-29)27(35-23(19)10-15)31-25(33)17-4-3-5-18(12-17)26(34)32-28-22(14-30)20-9-7-16(2)11-24(20)36-28/h3-5,12,15-16H,6-11H2,1-2H3,(H,31,33)(H,32,34). The molecule has 0 aliphatic heterocycles. The Morgan fingerprint density at radius 2 is 1.28 bits per heavy atom. The molecular weight excluding hydrogens is 488 g/mol. The molecule has 0 saturated carbocycles. The fourth-order valence-corrected chi connectivity index (χ4v) is 7.78. The first-order valence-corrected chi connectivity index (χ1v) is 13.8. The van der Waals surface area contributed by atoms with Gasteiger partial charge in [0.1, 0.15) is 22.1 Å². The molecule has 2 unspecified atom stereocenters. The van der Waals surface area contributed by atoms with Gasteiger partial charge in [-0.05, 0) is 79.7 Å². The van der Waals surface area contributed by atoms with Crippen molar-refractivity contribution >= 4 is 44.5 Å². The van der Waals surface area contributed by atoms with Crippen LogP contribution < -0.4 is 10.6 Å². The Morgan fingerprint density at radius 3 is 1.69 bits per heavy atom. The van der Waals surface area contributed by atoms with Gasteiger partial charge in [-0.15, -0.1) is 22.7 Å². The lowest BCUT2D eigenvalue weighted by molar-refractivity contribution is 0.102. The molecule has 2 aliphatic carbocycles. The molecule has 0 fully saturated rings. The monoisotopic (exact) mass is 514 g/mol.